The lowest BCUT2D eigenvalue weighted by Crippen LogP contribution is -2.15. The predicted molar refractivity (Wildman–Crippen MR) is 68.1 cm³/mol. The first-order valence-electron chi connectivity index (χ1n) is 5.50. The van der Waals surface area contributed by atoms with Gasteiger partial charge in [0.1, 0.15) is 17.5 Å². The third-order valence-electron chi connectivity index (χ3n) is 2.44. The zero-order valence-corrected chi connectivity index (χ0v) is 10.1. The lowest BCUT2D eigenvalue weighted by Gasteiger charge is -2.09. The van der Waals surface area contributed by atoms with E-state index in [1.807, 2.05) is 0 Å². The molecule has 0 unspecified atom stereocenters. The molecule has 0 aliphatic carbocycles. The Morgan fingerprint density at radius 1 is 1.16 bits per heavy atom. The van der Waals surface area contributed by atoms with Gasteiger partial charge in [-0.05, 0) is 30.3 Å². The smallest absolute Gasteiger partial charge is 0.259 e. The largest absolute Gasteiger partial charge is 0.372 e. The van der Waals surface area contributed by atoms with E-state index in [0.29, 0.717) is 5.69 Å². The summed E-state index contributed by atoms with van der Waals surface area (Å²) in [6.45, 7) is 0. The second-order valence-corrected chi connectivity index (χ2v) is 3.76. The van der Waals surface area contributed by atoms with Gasteiger partial charge in [0.25, 0.3) is 5.91 Å². The highest BCUT2D eigenvalue weighted by molar-refractivity contribution is 6.07. The van der Waals surface area contributed by atoms with Gasteiger partial charge in [-0.2, -0.15) is 0 Å². The molecule has 0 bridgehead atoms. The van der Waals surface area contributed by atoms with Gasteiger partial charge in [-0.3, -0.25) is 4.79 Å². The van der Waals surface area contributed by atoms with Crippen LogP contribution in [0.4, 0.5) is 20.3 Å². The van der Waals surface area contributed by atoms with Gasteiger partial charge in [-0.1, -0.05) is 0 Å². The summed E-state index contributed by atoms with van der Waals surface area (Å²) in [4.78, 5) is 15.7. The Hall–Kier alpha value is -2.50. The molecular formula is C13H11F2N3O. The Morgan fingerprint density at radius 3 is 2.47 bits per heavy atom. The van der Waals surface area contributed by atoms with Crippen LogP contribution in [-0.2, 0) is 0 Å². The van der Waals surface area contributed by atoms with Crippen molar-refractivity contribution >= 4 is 17.4 Å². The SMILES string of the molecule is CNc1ncc(F)cc1C(=O)Nc1ccc(F)cc1. The number of carbonyl (C=O) groups excluding carboxylic acids is 1. The quantitative estimate of drug-likeness (QED) is 0.895. The molecular weight excluding hydrogens is 252 g/mol. The van der Waals surface area contributed by atoms with Crippen molar-refractivity contribution in [2.75, 3.05) is 17.7 Å². The molecule has 1 aromatic carbocycles. The zero-order valence-electron chi connectivity index (χ0n) is 10.1. The lowest BCUT2D eigenvalue weighted by molar-refractivity contribution is 0.102. The molecule has 6 heteroatoms. The van der Waals surface area contributed by atoms with Crippen molar-refractivity contribution in [1.82, 2.24) is 4.98 Å². The number of nitrogens with zero attached hydrogens (tertiary/aromatic N) is 1. The summed E-state index contributed by atoms with van der Waals surface area (Å²) in [6.07, 6.45) is 1.01. The number of benzene rings is 1. The Labute approximate surface area is 108 Å². The minimum Gasteiger partial charge on any atom is -0.372 e. The summed E-state index contributed by atoms with van der Waals surface area (Å²) >= 11 is 0. The summed E-state index contributed by atoms with van der Waals surface area (Å²) in [5, 5.41) is 5.24. The van der Waals surface area contributed by atoms with Gasteiger partial charge in [0, 0.05) is 12.7 Å². The Bertz CT molecular complexity index is 599. The van der Waals surface area contributed by atoms with E-state index in [9.17, 15) is 13.6 Å². The molecule has 0 aliphatic rings. The van der Waals surface area contributed by atoms with E-state index < -0.39 is 17.5 Å². The number of halogens is 2. The van der Waals surface area contributed by atoms with Crippen LogP contribution in [0.3, 0.4) is 0 Å². The summed E-state index contributed by atoms with van der Waals surface area (Å²) in [6, 6.07) is 6.35. The molecule has 4 nitrogen and oxygen atoms in total. The van der Waals surface area contributed by atoms with Gasteiger partial charge in [0.2, 0.25) is 0 Å². The maximum absolute atomic E-state index is 13.1. The van der Waals surface area contributed by atoms with E-state index in [1.54, 1.807) is 7.05 Å². The number of aromatic nitrogens is 1. The van der Waals surface area contributed by atoms with Crippen LogP contribution in [0, 0.1) is 11.6 Å². The Balaban J connectivity index is 2.24. The van der Waals surface area contributed by atoms with Crippen molar-refractivity contribution in [3.8, 4) is 0 Å². The van der Waals surface area contributed by atoms with Crippen molar-refractivity contribution in [1.29, 1.82) is 0 Å². The highest BCUT2D eigenvalue weighted by Crippen LogP contribution is 2.16. The molecule has 1 aromatic heterocycles. The number of anilines is 2. The van der Waals surface area contributed by atoms with Crippen LogP contribution >= 0.6 is 0 Å². The predicted octanol–water partition coefficient (Wildman–Crippen LogP) is 2.65. The third kappa shape index (κ3) is 3.04. The highest BCUT2D eigenvalue weighted by atomic mass is 19.1. The zero-order chi connectivity index (χ0) is 13.8. The summed E-state index contributed by atoms with van der Waals surface area (Å²) in [5.41, 5.74) is 0.490. The van der Waals surface area contributed by atoms with Gasteiger partial charge in [-0.25, -0.2) is 13.8 Å². The minimum atomic E-state index is -0.608. The number of hydrogen-bond donors (Lipinski definition) is 2. The molecule has 2 aromatic rings. The summed E-state index contributed by atoms with van der Waals surface area (Å²) in [7, 11) is 1.58. The summed E-state index contributed by atoms with van der Waals surface area (Å²) in [5.74, 6) is -1.27. The molecule has 0 atom stereocenters. The molecule has 19 heavy (non-hydrogen) atoms. The number of carbonyl (C=O) groups is 1. The number of nitrogens with one attached hydrogen (secondary N) is 2. The number of hydrogen-bond acceptors (Lipinski definition) is 3. The van der Waals surface area contributed by atoms with Crippen molar-refractivity contribution < 1.29 is 13.6 Å². The minimum absolute atomic E-state index is 0.0758. The molecule has 0 aliphatic heterocycles. The third-order valence-corrected chi connectivity index (χ3v) is 2.44. The van der Waals surface area contributed by atoms with Gasteiger partial charge in [0.05, 0.1) is 11.8 Å². The van der Waals surface area contributed by atoms with Gasteiger partial charge >= 0.3 is 0 Å². The first-order chi connectivity index (χ1) is 9.10. The number of pyridine rings is 1. The average Bonchev–Trinajstić information content (AvgIpc) is 2.41. The molecule has 0 radical (unpaired) electrons. The van der Waals surface area contributed by atoms with E-state index in [2.05, 4.69) is 15.6 Å². The van der Waals surface area contributed by atoms with Crippen molar-refractivity contribution in [2.24, 2.45) is 0 Å². The second-order valence-electron chi connectivity index (χ2n) is 3.76. The van der Waals surface area contributed by atoms with E-state index in [4.69, 9.17) is 0 Å². The van der Waals surface area contributed by atoms with E-state index in [1.165, 1.54) is 24.3 Å². The lowest BCUT2D eigenvalue weighted by atomic mass is 10.2. The van der Waals surface area contributed by atoms with Crippen LogP contribution in [0.1, 0.15) is 10.4 Å². The molecule has 2 N–H and O–H groups in total. The first kappa shape index (κ1) is 12.9. The molecule has 0 saturated heterocycles. The van der Waals surface area contributed by atoms with Gasteiger partial charge in [0.15, 0.2) is 0 Å². The van der Waals surface area contributed by atoms with Crippen molar-refractivity contribution in [2.45, 2.75) is 0 Å². The molecule has 1 heterocycles. The first-order valence-corrected chi connectivity index (χ1v) is 5.50. The Morgan fingerprint density at radius 2 is 1.84 bits per heavy atom. The molecule has 0 saturated carbocycles. The van der Waals surface area contributed by atoms with E-state index in [-0.39, 0.29) is 11.4 Å². The van der Waals surface area contributed by atoms with Gasteiger partial charge < -0.3 is 10.6 Å². The van der Waals surface area contributed by atoms with E-state index >= 15 is 0 Å². The second kappa shape index (κ2) is 5.43. The monoisotopic (exact) mass is 263 g/mol. The molecule has 0 spiro atoms. The Kier molecular flexibility index (Phi) is 3.70. The normalized spacial score (nSPS) is 10.1. The number of rotatable bonds is 3. The van der Waals surface area contributed by atoms with E-state index in [0.717, 1.165) is 12.3 Å². The maximum atomic E-state index is 13.1. The fraction of sp³-hybridized carbons (Fsp3) is 0.0769. The maximum Gasteiger partial charge on any atom is 0.259 e. The molecule has 2 rings (SSSR count). The highest BCUT2D eigenvalue weighted by Gasteiger charge is 2.13. The fourth-order valence-corrected chi connectivity index (χ4v) is 1.54. The van der Waals surface area contributed by atoms with Crippen LogP contribution in [0.25, 0.3) is 0 Å². The van der Waals surface area contributed by atoms with Crippen molar-refractivity contribution in [3.63, 3.8) is 0 Å². The fourth-order valence-electron chi connectivity index (χ4n) is 1.54. The average molecular weight is 263 g/mol. The number of amides is 1. The van der Waals surface area contributed by atoms with Crippen LogP contribution in [0.15, 0.2) is 36.5 Å². The summed E-state index contributed by atoms with van der Waals surface area (Å²) < 4.78 is 25.9. The van der Waals surface area contributed by atoms with Crippen LogP contribution in [-0.4, -0.2) is 17.9 Å². The van der Waals surface area contributed by atoms with Gasteiger partial charge in [-0.15, -0.1) is 0 Å². The van der Waals surface area contributed by atoms with Crippen molar-refractivity contribution in [3.05, 3.63) is 53.7 Å². The standard InChI is InChI=1S/C13H11F2N3O/c1-16-12-11(6-9(15)7-17-12)13(19)18-10-4-2-8(14)3-5-10/h2-7H,1H3,(H,16,17)(H,18,19). The molecule has 0 fully saturated rings. The van der Waals surface area contributed by atoms with Crippen LogP contribution in [0.5, 0.6) is 0 Å². The van der Waals surface area contributed by atoms with Crippen LogP contribution in [0.2, 0.25) is 0 Å². The van der Waals surface area contributed by atoms with Crippen LogP contribution < -0.4 is 10.6 Å². The molecule has 1 amide bonds. The molecule has 98 valence electrons. The topological polar surface area (TPSA) is 54.0 Å².